The van der Waals surface area contributed by atoms with Crippen molar-refractivity contribution in [3.8, 4) is 0 Å². The Bertz CT molecular complexity index is 550. The smallest absolute Gasteiger partial charge is 0.265 e. The van der Waals surface area contributed by atoms with Crippen molar-refractivity contribution in [2.75, 3.05) is 39.5 Å². The second-order valence-electron chi connectivity index (χ2n) is 10.1. The third kappa shape index (κ3) is 24.0. The van der Waals surface area contributed by atoms with Gasteiger partial charge in [-0.05, 0) is 6.42 Å². The van der Waals surface area contributed by atoms with E-state index in [4.69, 9.17) is 4.55 Å². The minimum Gasteiger partial charge on any atom is -0.356 e. The standard InChI is InChI=1S/C25H52N2O4S/c1-4-5-6-7-8-9-10-11-12-13-14-15-16-17-20-25(28)26-21-18-22-27(2,3)23-19-24-32(29,30)31/h4-24H2,1-3H3,(H-,26,28,29,30,31)/p+1. The summed E-state index contributed by atoms with van der Waals surface area (Å²) < 4.78 is 31.1. The number of nitrogens with zero attached hydrogens (tertiary/aromatic N) is 1. The second kappa shape index (κ2) is 19.8. The van der Waals surface area contributed by atoms with Crippen LogP contribution in [0.5, 0.6) is 0 Å². The number of unbranched alkanes of at least 4 members (excludes halogenated alkanes) is 13. The zero-order chi connectivity index (χ0) is 24.1. The molecule has 0 aliphatic carbocycles. The number of hydrogen-bond acceptors (Lipinski definition) is 3. The van der Waals surface area contributed by atoms with E-state index in [9.17, 15) is 13.2 Å². The number of carbonyl (C=O) groups is 1. The molecule has 0 radical (unpaired) electrons. The first-order valence-electron chi connectivity index (χ1n) is 13.2. The zero-order valence-corrected chi connectivity index (χ0v) is 22.2. The van der Waals surface area contributed by atoms with Crippen LogP contribution >= 0.6 is 0 Å². The quantitative estimate of drug-likeness (QED) is 0.112. The summed E-state index contributed by atoms with van der Waals surface area (Å²) in [6.07, 6.45) is 20.4. The summed E-state index contributed by atoms with van der Waals surface area (Å²) in [4.78, 5) is 12.0. The van der Waals surface area contributed by atoms with Gasteiger partial charge >= 0.3 is 0 Å². The highest BCUT2D eigenvalue weighted by atomic mass is 32.2. The number of nitrogens with one attached hydrogen (secondary N) is 1. The molecule has 0 aliphatic rings. The molecule has 7 heteroatoms. The third-order valence-electron chi connectivity index (χ3n) is 6.19. The molecule has 0 atom stereocenters. The average Bonchev–Trinajstić information content (AvgIpc) is 2.70. The molecule has 1 amide bonds. The molecule has 0 heterocycles. The summed E-state index contributed by atoms with van der Waals surface area (Å²) in [7, 11) is 0.209. The molecular weight excluding hydrogens is 424 g/mol. The van der Waals surface area contributed by atoms with Crippen LogP contribution in [0.25, 0.3) is 0 Å². The van der Waals surface area contributed by atoms with E-state index < -0.39 is 10.1 Å². The monoisotopic (exact) mass is 477 g/mol. The highest BCUT2D eigenvalue weighted by Gasteiger charge is 2.16. The van der Waals surface area contributed by atoms with E-state index in [1.165, 1.54) is 77.0 Å². The highest BCUT2D eigenvalue weighted by molar-refractivity contribution is 7.85. The van der Waals surface area contributed by atoms with Crippen molar-refractivity contribution in [3.05, 3.63) is 0 Å². The molecule has 0 saturated carbocycles. The van der Waals surface area contributed by atoms with E-state index in [0.29, 0.717) is 30.4 Å². The van der Waals surface area contributed by atoms with Gasteiger partial charge in [-0.3, -0.25) is 9.35 Å². The molecular formula is C25H53N2O4S+. The van der Waals surface area contributed by atoms with Crippen LogP contribution in [0.2, 0.25) is 0 Å². The van der Waals surface area contributed by atoms with E-state index in [0.717, 1.165) is 25.8 Å². The Morgan fingerprint density at radius 1 is 0.719 bits per heavy atom. The third-order valence-corrected chi connectivity index (χ3v) is 6.99. The first-order chi connectivity index (χ1) is 15.2. The van der Waals surface area contributed by atoms with Gasteiger partial charge in [-0.25, -0.2) is 0 Å². The van der Waals surface area contributed by atoms with Gasteiger partial charge < -0.3 is 9.80 Å². The van der Waals surface area contributed by atoms with Gasteiger partial charge in [0.1, 0.15) is 0 Å². The van der Waals surface area contributed by atoms with Crippen LogP contribution in [0.15, 0.2) is 0 Å². The Hall–Kier alpha value is -0.660. The van der Waals surface area contributed by atoms with Crippen molar-refractivity contribution in [3.63, 3.8) is 0 Å². The van der Waals surface area contributed by atoms with Crippen molar-refractivity contribution < 1.29 is 22.2 Å². The molecule has 0 aromatic heterocycles. The number of hydrogen-bond donors (Lipinski definition) is 2. The Morgan fingerprint density at radius 3 is 1.62 bits per heavy atom. The molecule has 6 nitrogen and oxygen atoms in total. The molecule has 0 saturated heterocycles. The predicted octanol–water partition coefficient (Wildman–Crippen LogP) is 5.72. The van der Waals surface area contributed by atoms with E-state index in [-0.39, 0.29) is 11.7 Å². The Labute approximate surface area is 199 Å². The second-order valence-corrected chi connectivity index (χ2v) is 11.6. The minimum absolute atomic E-state index is 0.139. The molecule has 192 valence electrons. The van der Waals surface area contributed by atoms with E-state index >= 15 is 0 Å². The number of amides is 1. The summed E-state index contributed by atoms with van der Waals surface area (Å²) in [5, 5.41) is 3.00. The van der Waals surface area contributed by atoms with Gasteiger partial charge in [-0.2, -0.15) is 8.42 Å². The summed E-state index contributed by atoms with van der Waals surface area (Å²) >= 11 is 0. The van der Waals surface area contributed by atoms with Crippen LogP contribution in [0.1, 0.15) is 116 Å². The van der Waals surface area contributed by atoms with Gasteiger partial charge in [0.15, 0.2) is 0 Å². The summed E-state index contributed by atoms with van der Waals surface area (Å²) in [5.74, 6) is -0.0504. The predicted molar refractivity (Wildman–Crippen MR) is 135 cm³/mol. The van der Waals surface area contributed by atoms with Gasteiger partial charge in [0.25, 0.3) is 10.1 Å². The fourth-order valence-corrected chi connectivity index (χ4v) is 4.58. The maximum Gasteiger partial charge on any atom is 0.265 e. The van der Waals surface area contributed by atoms with Crippen molar-refractivity contribution in [1.29, 1.82) is 0 Å². The largest absolute Gasteiger partial charge is 0.356 e. The molecule has 32 heavy (non-hydrogen) atoms. The maximum atomic E-state index is 12.0. The SMILES string of the molecule is CCCCCCCCCCCCCCCCC(=O)NCCC[N+](C)(C)CCCS(=O)(=O)O. The summed E-state index contributed by atoms with van der Waals surface area (Å²) in [5.41, 5.74) is 0. The van der Waals surface area contributed by atoms with Crippen molar-refractivity contribution in [2.45, 2.75) is 116 Å². The lowest BCUT2D eigenvalue weighted by Gasteiger charge is -2.29. The lowest BCUT2D eigenvalue weighted by molar-refractivity contribution is -0.890. The van der Waals surface area contributed by atoms with Crippen molar-refractivity contribution in [2.24, 2.45) is 0 Å². The molecule has 0 aromatic carbocycles. The van der Waals surface area contributed by atoms with Gasteiger partial charge in [-0.15, -0.1) is 0 Å². The van der Waals surface area contributed by atoms with E-state index in [1.54, 1.807) is 0 Å². The first kappa shape index (κ1) is 31.3. The Morgan fingerprint density at radius 2 is 1.16 bits per heavy atom. The molecule has 0 unspecified atom stereocenters. The molecule has 2 N–H and O–H groups in total. The normalized spacial score (nSPS) is 12.2. The summed E-state index contributed by atoms with van der Waals surface area (Å²) in [6.45, 7) is 4.48. The lowest BCUT2D eigenvalue weighted by Crippen LogP contribution is -2.43. The fourth-order valence-electron chi connectivity index (χ4n) is 4.09. The first-order valence-corrected chi connectivity index (χ1v) is 14.8. The van der Waals surface area contributed by atoms with Crippen LogP contribution in [0, 0.1) is 0 Å². The van der Waals surface area contributed by atoms with E-state index in [2.05, 4.69) is 12.2 Å². The van der Waals surface area contributed by atoms with Crippen LogP contribution in [-0.2, 0) is 14.9 Å². The van der Waals surface area contributed by atoms with Crippen LogP contribution in [0.3, 0.4) is 0 Å². The van der Waals surface area contributed by atoms with E-state index in [1.807, 2.05) is 14.1 Å². The zero-order valence-electron chi connectivity index (χ0n) is 21.4. The Kier molecular flexibility index (Phi) is 19.4. The van der Waals surface area contributed by atoms with Crippen molar-refractivity contribution >= 4 is 16.0 Å². The van der Waals surface area contributed by atoms with Crippen molar-refractivity contribution in [1.82, 2.24) is 5.32 Å². The number of rotatable bonds is 23. The number of carbonyl (C=O) groups excluding carboxylic acids is 1. The minimum atomic E-state index is -3.88. The van der Waals surface area contributed by atoms with Gasteiger partial charge in [0.2, 0.25) is 5.91 Å². The van der Waals surface area contributed by atoms with Crippen LogP contribution in [0.4, 0.5) is 0 Å². The van der Waals surface area contributed by atoms with Gasteiger partial charge in [-0.1, -0.05) is 90.4 Å². The molecule has 0 aliphatic heterocycles. The average molecular weight is 478 g/mol. The topological polar surface area (TPSA) is 83.5 Å². The molecule has 0 bridgehead atoms. The van der Waals surface area contributed by atoms with Gasteiger partial charge in [0.05, 0.1) is 32.9 Å². The fraction of sp³-hybridized carbons (Fsp3) is 0.960. The Balaban J connectivity index is 3.43. The van der Waals surface area contributed by atoms with Crippen LogP contribution < -0.4 is 5.32 Å². The summed E-state index contributed by atoms with van der Waals surface area (Å²) in [6, 6.07) is 0. The highest BCUT2D eigenvalue weighted by Crippen LogP contribution is 2.13. The lowest BCUT2D eigenvalue weighted by atomic mass is 10.0. The van der Waals surface area contributed by atoms with Crippen LogP contribution in [-0.4, -0.2) is 62.8 Å². The molecule has 0 spiro atoms. The number of quaternary nitrogens is 1. The molecule has 0 rings (SSSR count). The molecule has 0 aromatic rings. The van der Waals surface area contributed by atoms with Gasteiger partial charge in [0, 0.05) is 25.8 Å². The maximum absolute atomic E-state index is 12.0. The molecule has 0 fully saturated rings.